The maximum Gasteiger partial charge on any atom is 0.573 e. The highest BCUT2D eigenvalue weighted by Crippen LogP contribution is 2.25. The van der Waals surface area contributed by atoms with Crippen LogP contribution >= 0.6 is 0 Å². The van der Waals surface area contributed by atoms with Crippen molar-refractivity contribution in [2.75, 3.05) is 7.11 Å². The molecule has 156 valence electrons. The highest BCUT2D eigenvalue weighted by Gasteiger charge is 2.31. The summed E-state index contributed by atoms with van der Waals surface area (Å²) in [6.07, 6.45) is -4.89. The van der Waals surface area contributed by atoms with Crippen molar-refractivity contribution in [1.82, 2.24) is 0 Å². The van der Waals surface area contributed by atoms with E-state index in [1.807, 2.05) is 25.1 Å². The van der Waals surface area contributed by atoms with E-state index in [-0.39, 0.29) is 17.9 Å². The van der Waals surface area contributed by atoms with Gasteiger partial charge in [0.05, 0.1) is 11.4 Å². The van der Waals surface area contributed by atoms with Crippen molar-refractivity contribution in [3.05, 3.63) is 64.5 Å². The molecule has 9 heteroatoms. The summed E-state index contributed by atoms with van der Waals surface area (Å²) in [5.41, 5.74) is 3.42. The molecule has 2 aromatic rings. The maximum atomic E-state index is 14.1. The molecule has 0 heterocycles. The van der Waals surface area contributed by atoms with Crippen LogP contribution in [0, 0.1) is 12.7 Å². The zero-order valence-electron chi connectivity index (χ0n) is 16.3. The fourth-order valence-electron chi connectivity index (χ4n) is 2.65. The maximum absolute atomic E-state index is 14.1. The van der Waals surface area contributed by atoms with E-state index in [1.165, 1.54) is 14.0 Å². The molecule has 0 saturated heterocycles. The number of alkyl halides is 3. The lowest BCUT2D eigenvalue weighted by Gasteiger charge is -2.12. The molecule has 0 unspecified atom stereocenters. The Bertz CT molecular complexity index is 924. The van der Waals surface area contributed by atoms with Crippen molar-refractivity contribution in [2.24, 2.45) is 10.3 Å². The van der Waals surface area contributed by atoms with Gasteiger partial charge in [-0.3, -0.25) is 0 Å². The van der Waals surface area contributed by atoms with Crippen LogP contribution in [0.4, 0.5) is 17.6 Å². The molecule has 0 atom stereocenters. The summed E-state index contributed by atoms with van der Waals surface area (Å²) in [4.78, 5) is 10.2. The van der Waals surface area contributed by atoms with E-state index in [0.717, 1.165) is 28.8 Å². The van der Waals surface area contributed by atoms with Crippen LogP contribution in [0.1, 0.15) is 36.1 Å². The summed E-state index contributed by atoms with van der Waals surface area (Å²) < 4.78 is 54.5. The smallest absolute Gasteiger partial charge is 0.406 e. The van der Waals surface area contributed by atoms with Crippen molar-refractivity contribution in [2.45, 2.75) is 33.7 Å². The van der Waals surface area contributed by atoms with Crippen LogP contribution in [0.5, 0.6) is 5.75 Å². The summed E-state index contributed by atoms with van der Waals surface area (Å²) in [5, 5.41) is 7.80. The van der Waals surface area contributed by atoms with Crippen LogP contribution < -0.4 is 4.74 Å². The highest BCUT2D eigenvalue weighted by atomic mass is 19.4. The molecule has 0 fully saturated rings. The number of halogens is 4. The molecule has 0 amide bonds. The fourth-order valence-corrected chi connectivity index (χ4v) is 2.65. The average molecular weight is 412 g/mol. The number of aryl methyl sites for hydroxylation is 1. The van der Waals surface area contributed by atoms with Gasteiger partial charge in [0.15, 0.2) is 0 Å². The first-order chi connectivity index (χ1) is 13.6. The standard InChI is InChI=1S/C20H20F4N2O3/c1-12-6-5-7-16(13(2)25-27-4)18(12)11-28-26-14(3)17-9-8-15(10-19(17)21)29-20(22,23)24/h5-10H,11H2,1-4H3/b25-13-,26-14+. The minimum absolute atomic E-state index is 0.00153. The number of benzene rings is 2. The molecule has 0 aliphatic heterocycles. The van der Waals surface area contributed by atoms with Gasteiger partial charge in [-0.25, -0.2) is 4.39 Å². The molecule has 2 aromatic carbocycles. The largest absolute Gasteiger partial charge is 0.573 e. The number of rotatable bonds is 7. The van der Waals surface area contributed by atoms with Crippen molar-refractivity contribution in [1.29, 1.82) is 0 Å². The number of oxime groups is 2. The van der Waals surface area contributed by atoms with Crippen molar-refractivity contribution < 1.29 is 32.0 Å². The SMILES string of the molecule is CO/N=C(/C)c1cccc(C)c1CO/N=C(\C)c1ccc(OC(F)(F)F)cc1F. The zero-order valence-corrected chi connectivity index (χ0v) is 16.3. The number of ether oxygens (including phenoxy) is 1. The van der Waals surface area contributed by atoms with Gasteiger partial charge in [-0.15, -0.1) is 13.2 Å². The van der Waals surface area contributed by atoms with Crippen molar-refractivity contribution in [3.8, 4) is 5.75 Å². The van der Waals surface area contributed by atoms with Crippen LogP contribution in [0.2, 0.25) is 0 Å². The molecule has 0 bridgehead atoms. The van der Waals surface area contributed by atoms with Crippen LogP contribution in [0.15, 0.2) is 46.7 Å². The molecule has 0 N–H and O–H groups in total. The van der Waals surface area contributed by atoms with Gasteiger partial charge in [-0.05, 0) is 38.5 Å². The molecule has 29 heavy (non-hydrogen) atoms. The summed E-state index contributed by atoms with van der Waals surface area (Å²) in [5.74, 6) is -1.55. The van der Waals surface area contributed by atoms with E-state index >= 15 is 0 Å². The minimum atomic E-state index is -4.89. The van der Waals surface area contributed by atoms with E-state index in [0.29, 0.717) is 11.8 Å². The monoisotopic (exact) mass is 412 g/mol. The minimum Gasteiger partial charge on any atom is -0.406 e. The lowest BCUT2D eigenvalue weighted by molar-refractivity contribution is -0.274. The van der Waals surface area contributed by atoms with Crippen LogP contribution in [0.25, 0.3) is 0 Å². The predicted octanol–water partition coefficient (Wildman–Crippen LogP) is 5.34. The van der Waals surface area contributed by atoms with E-state index in [1.54, 1.807) is 6.92 Å². The second kappa shape index (κ2) is 9.40. The second-order valence-corrected chi connectivity index (χ2v) is 6.10. The van der Waals surface area contributed by atoms with Crippen molar-refractivity contribution in [3.63, 3.8) is 0 Å². The predicted molar refractivity (Wildman–Crippen MR) is 100 cm³/mol. The Morgan fingerprint density at radius 2 is 1.69 bits per heavy atom. The molecule has 0 aliphatic carbocycles. The fraction of sp³-hybridized carbons (Fsp3) is 0.300. The average Bonchev–Trinajstić information content (AvgIpc) is 2.61. The second-order valence-electron chi connectivity index (χ2n) is 6.10. The van der Waals surface area contributed by atoms with Crippen LogP contribution in [-0.2, 0) is 16.3 Å². The van der Waals surface area contributed by atoms with Crippen LogP contribution in [0.3, 0.4) is 0 Å². The van der Waals surface area contributed by atoms with E-state index < -0.39 is 17.9 Å². The Morgan fingerprint density at radius 3 is 2.31 bits per heavy atom. The molecule has 0 aromatic heterocycles. The van der Waals surface area contributed by atoms with E-state index in [9.17, 15) is 17.6 Å². The Hall–Kier alpha value is -3.10. The molecular weight excluding hydrogens is 392 g/mol. The quantitative estimate of drug-likeness (QED) is 0.350. The van der Waals surface area contributed by atoms with Gasteiger partial charge in [-0.1, -0.05) is 28.5 Å². The first-order valence-corrected chi connectivity index (χ1v) is 8.51. The van der Waals surface area contributed by atoms with Gasteiger partial charge in [0.2, 0.25) is 0 Å². The molecular formula is C20H20F4N2O3. The Balaban J connectivity index is 2.17. The number of hydrogen-bond acceptors (Lipinski definition) is 5. The highest BCUT2D eigenvalue weighted by molar-refractivity contribution is 6.00. The zero-order chi connectivity index (χ0) is 21.6. The van der Waals surface area contributed by atoms with Crippen molar-refractivity contribution >= 4 is 11.4 Å². The first-order valence-electron chi connectivity index (χ1n) is 8.51. The normalized spacial score (nSPS) is 12.7. The Labute approximate surface area is 165 Å². The third kappa shape index (κ3) is 6.20. The molecule has 0 spiro atoms. The van der Waals surface area contributed by atoms with Crippen LogP contribution in [-0.4, -0.2) is 24.9 Å². The Morgan fingerprint density at radius 1 is 1.00 bits per heavy atom. The Kier molecular flexibility index (Phi) is 7.19. The van der Waals surface area contributed by atoms with Gasteiger partial charge in [0.25, 0.3) is 0 Å². The number of hydrogen-bond donors (Lipinski definition) is 0. The van der Waals surface area contributed by atoms with Gasteiger partial charge in [0.1, 0.15) is 25.3 Å². The van der Waals surface area contributed by atoms with Gasteiger partial charge in [-0.2, -0.15) is 0 Å². The molecule has 5 nitrogen and oxygen atoms in total. The summed E-state index contributed by atoms with van der Waals surface area (Å²) in [6, 6.07) is 8.43. The third-order valence-electron chi connectivity index (χ3n) is 4.00. The molecule has 0 aliphatic rings. The lowest BCUT2D eigenvalue weighted by Crippen LogP contribution is -2.17. The van der Waals surface area contributed by atoms with Gasteiger partial charge >= 0.3 is 6.36 Å². The summed E-state index contributed by atoms with van der Waals surface area (Å²) in [6.45, 7) is 5.26. The van der Waals surface area contributed by atoms with Gasteiger partial charge in [0, 0.05) is 22.8 Å². The van der Waals surface area contributed by atoms with E-state index in [4.69, 9.17) is 9.68 Å². The summed E-state index contributed by atoms with van der Waals surface area (Å²) >= 11 is 0. The summed E-state index contributed by atoms with van der Waals surface area (Å²) in [7, 11) is 1.45. The lowest BCUT2D eigenvalue weighted by atomic mass is 10.00. The first kappa shape index (κ1) is 22.2. The molecule has 0 saturated carbocycles. The topological polar surface area (TPSA) is 52.4 Å². The van der Waals surface area contributed by atoms with Gasteiger partial charge < -0.3 is 14.4 Å². The van der Waals surface area contributed by atoms with E-state index in [2.05, 4.69) is 15.0 Å². The third-order valence-corrected chi connectivity index (χ3v) is 4.00. The number of nitrogens with zero attached hydrogens (tertiary/aromatic N) is 2. The molecule has 0 radical (unpaired) electrons. The molecule has 2 rings (SSSR count).